The first-order valence-electron chi connectivity index (χ1n) is 12.9. The van der Waals surface area contributed by atoms with E-state index in [-0.39, 0.29) is 49.3 Å². The number of halogens is 4. The standard InChI is InChI=1S/C31H28F4N2O4/c1-3-41-30(40)28-19(2)37(27(38)16-26(28)22-9-11-24(12-10-22)31(33,34)35)18-21-5-4-6-23(15-21)29(39)36-17-20-7-13-25(32)14-8-20/h4-15,26H,3,16-18H2,1-2H3,(H,36,39). The van der Waals surface area contributed by atoms with Gasteiger partial charge in [0.1, 0.15) is 5.82 Å². The first-order chi connectivity index (χ1) is 19.5. The van der Waals surface area contributed by atoms with Gasteiger partial charge in [0, 0.05) is 30.1 Å². The Balaban J connectivity index is 1.57. The first kappa shape index (κ1) is 29.5. The van der Waals surface area contributed by atoms with E-state index >= 15 is 0 Å². The van der Waals surface area contributed by atoms with Crippen LogP contribution in [0.25, 0.3) is 0 Å². The van der Waals surface area contributed by atoms with Gasteiger partial charge in [0.05, 0.1) is 24.3 Å². The predicted molar refractivity (Wildman–Crippen MR) is 143 cm³/mol. The minimum absolute atomic E-state index is 0.0619. The number of esters is 1. The molecule has 0 saturated carbocycles. The Hall–Kier alpha value is -4.47. The second-order valence-corrected chi connectivity index (χ2v) is 9.59. The first-order valence-corrected chi connectivity index (χ1v) is 12.9. The van der Waals surface area contributed by atoms with E-state index in [2.05, 4.69) is 5.32 Å². The summed E-state index contributed by atoms with van der Waals surface area (Å²) < 4.78 is 57.6. The van der Waals surface area contributed by atoms with Crippen LogP contribution in [0.2, 0.25) is 0 Å². The van der Waals surface area contributed by atoms with Gasteiger partial charge in [-0.15, -0.1) is 0 Å². The maximum absolute atomic E-state index is 13.3. The largest absolute Gasteiger partial charge is 0.463 e. The Kier molecular flexibility index (Phi) is 8.90. The van der Waals surface area contributed by atoms with Crippen LogP contribution in [0.4, 0.5) is 17.6 Å². The van der Waals surface area contributed by atoms with E-state index in [0.29, 0.717) is 22.4 Å². The molecule has 1 atom stereocenters. The smallest absolute Gasteiger partial charge is 0.416 e. The van der Waals surface area contributed by atoms with Gasteiger partial charge in [0.2, 0.25) is 5.91 Å². The minimum Gasteiger partial charge on any atom is -0.463 e. The number of hydrogen-bond acceptors (Lipinski definition) is 4. The van der Waals surface area contributed by atoms with E-state index in [4.69, 9.17) is 4.74 Å². The summed E-state index contributed by atoms with van der Waals surface area (Å²) in [7, 11) is 0. The fourth-order valence-electron chi connectivity index (χ4n) is 4.75. The lowest BCUT2D eigenvalue weighted by Crippen LogP contribution is -2.38. The van der Waals surface area contributed by atoms with Crippen molar-refractivity contribution in [1.82, 2.24) is 10.2 Å². The van der Waals surface area contributed by atoms with Gasteiger partial charge in [-0.05, 0) is 66.9 Å². The molecule has 4 rings (SSSR count). The van der Waals surface area contributed by atoms with Crippen molar-refractivity contribution in [2.75, 3.05) is 6.61 Å². The number of nitrogens with zero attached hydrogens (tertiary/aromatic N) is 1. The summed E-state index contributed by atoms with van der Waals surface area (Å²) in [5.74, 6) is -2.49. The van der Waals surface area contributed by atoms with Crippen molar-refractivity contribution < 1.29 is 36.7 Å². The summed E-state index contributed by atoms with van der Waals surface area (Å²) in [4.78, 5) is 40.5. The maximum Gasteiger partial charge on any atom is 0.416 e. The molecule has 10 heteroatoms. The number of nitrogens with one attached hydrogen (secondary N) is 1. The highest BCUT2D eigenvalue weighted by Crippen LogP contribution is 2.39. The number of alkyl halides is 3. The molecule has 214 valence electrons. The second kappa shape index (κ2) is 12.4. The third-order valence-electron chi connectivity index (χ3n) is 6.85. The number of carbonyl (C=O) groups excluding carboxylic acids is 3. The lowest BCUT2D eigenvalue weighted by atomic mass is 9.83. The summed E-state index contributed by atoms with van der Waals surface area (Å²) in [6.07, 6.45) is -4.66. The van der Waals surface area contributed by atoms with Crippen molar-refractivity contribution in [3.8, 4) is 0 Å². The number of benzene rings is 3. The molecule has 41 heavy (non-hydrogen) atoms. The monoisotopic (exact) mass is 568 g/mol. The molecule has 0 radical (unpaired) electrons. The number of hydrogen-bond donors (Lipinski definition) is 1. The molecule has 0 fully saturated rings. The van der Waals surface area contributed by atoms with Gasteiger partial charge in [-0.25, -0.2) is 9.18 Å². The molecule has 1 heterocycles. The van der Waals surface area contributed by atoms with E-state index in [9.17, 15) is 31.9 Å². The molecule has 0 aliphatic carbocycles. The van der Waals surface area contributed by atoms with E-state index < -0.39 is 23.6 Å². The zero-order chi connectivity index (χ0) is 29.7. The van der Waals surface area contributed by atoms with Crippen molar-refractivity contribution in [1.29, 1.82) is 0 Å². The predicted octanol–water partition coefficient (Wildman–Crippen LogP) is 6.13. The van der Waals surface area contributed by atoms with Gasteiger partial charge >= 0.3 is 12.1 Å². The molecule has 1 N–H and O–H groups in total. The Labute approximate surface area is 234 Å². The molecule has 1 unspecified atom stereocenters. The number of allylic oxidation sites excluding steroid dienone is 1. The van der Waals surface area contributed by atoms with Crippen LogP contribution in [0.1, 0.15) is 58.8 Å². The van der Waals surface area contributed by atoms with Gasteiger partial charge < -0.3 is 15.0 Å². The van der Waals surface area contributed by atoms with Crippen LogP contribution in [-0.4, -0.2) is 29.3 Å². The van der Waals surface area contributed by atoms with Crippen LogP contribution in [0.15, 0.2) is 84.1 Å². The number of rotatable bonds is 8. The summed E-state index contributed by atoms with van der Waals surface area (Å²) in [5, 5.41) is 2.77. The average Bonchev–Trinajstić information content (AvgIpc) is 2.94. The van der Waals surface area contributed by atoms with Crippen LogP contribution < -0.4 is 5.32 Å². The number of ether oxygens (including phenoxy) is 1. The SMILES string of the molecule is CCOC(=O)C1=C(C)N(Cc2cccc(C(=O)NCc3ccc(F)cc3)c2)C(=O)CC1c1ccc(C(F)(F)F)cc1. The van der Waals surface area contributed by atoms with Gasteiger partial charge in [0.15, 0.2) is 0 Å². The van der Waals surface area contributed by atoms with E-state index in [1.165, 1.54) is 29.2 Å². The second-order valence-electron chi connectivity index (χ2n) is 9.59. The topological polar surface area (TPSA) is 75.7 Å². The molecule has 1 aliphatic heterocycles. The molecule has 0 saturated heterocycles. The van der Waals surface area contributed by atoms with Crippen molar-refractivity contribution in [2.45, 2.75) is 45.5 Å². The van der Waals surface area contributed by atoms with Gasteiger partial charge in [-0.3, -0.25) is 9.59 Å². The Morgan fingerprint density at radius 2 is 1.68 bits per heavy atom. The quantitative estimate of drug-likeness (QED) is 0.262. The number of amides is 2. The zero-order valence-corrected chi connectivity index (χ0v) is 22.4. The molecular formula is C31H28F4N2O4. The lowest BCUT2D eigenvalue weighted by molar-refractivity contribution is -0.140. The Morgan fingerprint density at radius 1 is 1.00 bits per heavy atom. The lowest BCUT2D eigenvalue weighted by Gasteiger charge is -2.34. The fourth-order valence-corrected chi connectivity index (χ4v) is 4.75. The van der Waals surface area contributed by atoms with Crippen LogP contribution in [0.5, 0.6) is 0 Å². The van der Waals surface area contributed by atoms with Crippen molar-refractivity contribution >= 4 is 17.8 Å². The normalized spacial score (nSPS) is 15.6. The van der Waals surface area contributed by atoms with Crippen LogP contribution in [0.3, 0.4) is 0 Å². The third-order valence-corrected chi connectivity index (χ3v) is 6.85. The van der Waals surface area contributed by atoms with Crippen LogP contribution in [-0.2, 0) is 33.6 Å². The fraction of sp³-hybridized carbons (Fsp3) is 0.258. The highest BCUT2D eigenvalue weighted by molar-refractivity contribution is 5.96. The summed E-state index contributed by atoms with van der Waals surface area (Å²) >= 11 is 0. The number of carbonyl (C=O) groups is 3. The average molecular weight is 569 g/mol. The van der Waals surface area contributed by atoms with E-state index in [1.807, 2.05) is 0 Å². The zero-order valence-electron chi connectivity index (χ0n) is 22.4. The van der Waals surface area contributed by atoms with E-state index in [0.717, 1.165) is 17.7 Å². The summed E-state index contributed by atoms with van der Waals surface area (Å²) in [6.45, 7) is 3.58. The molecule has 1 aliphatic rings. The molecule has 6 nitrogen and oxygen atoms in total. The summed E-state index contributed by atoms with van der Waals surface area (Å²) in [5.41, 5.74) is 1.80. The van der Waals surface area contributed by atoms with Gasteiger partial charge in [-0.1, -0.05) is 36.4 Å². The van der Waals surface area contributed by atoms with Crippen molar-refractivity contribution in [3.05, 3.63) is 118 Å². The van der Waals surface area contributed by atoms with Crippen molar-refractivity contribution in [2.24, 2.45) is 0 Å². The Morgan fingerprint density at radius 3 is 2.32 bits per heavy atom. The molecule has 0 spiro atoms. The molecule has 0 bridgehead atoms. The van der Waals surface area contributed by atoms with Crippen molar-refractivity contribution in [3.63, 3.8) is 0 Å². The third kappa shape index (κ3) is 7.00. The molecule has 2 amide bonds. The molecule has 0 aromatic heterocycles. The van der Waals surface area contributed by atoms with Crippen LogP contribution >= 0.6 is 0 Å². The molecule has 3 aromatic rings. The Bertz CT molecular complexity index is 1460. The molecular weight excluding hydrogens is 540 g/mol. The highest BCUT2D eigenvalue weighted by atomic mass is 19.4. The van der Waals surface area contributed by atoms with Crippen LogP contribution in [0, 0.1) is 5.82 Å². The maximum atomic E-state index is 13.3. The van der Waals surface area contributed by atoms with Gasteiger partial charge in [-0.2, -0.15) is 13.2 Å². The highest BCUT2D eigenvalue weighted by Gasteiger charge is 2.37. The minimum atomic E-state index is -4.51. The van der Waals surface area contributed by atoms with Gasteiger partial charge in [0.25, 0.3) is 5.91 Å². The van der Waals surface area contributed by atoms with E-state index in [1.54, 1.807) is 50.2 Å². The molecule has 3 aromatic carbocycles. The summed E-state index contributed by atoms with van der Waals surface area (Å²) in [6, 6.07) is 16.8.